The Hall–Kier alpha value is -4.19. The van der Waals surface area contributed by atoms with Gasteiger partial charge in [-0.1, -0.05) is 181 Å². The number of rotatable bonds is 42. The van der Waals surface area contributed by atoms with Crippen molar-refractivity contribution in [3.8, 4) is 0 Å². The largest absolute Gasteiger partial charge is 0.462 e. The summed E-state index contributed by atoms with van der Waals surface area (Å²) >= 11 is 0. The highest BCUT2D eigenvalue weighted by Crippen LogP contribution is 2.12. The lowest BCUT2D eigenvalue weighted by molar-refractivity contribution is -0.167. The summed E-state index contributed by atoms with van der Waals surface area (Å²) in [7, 11) is 0. The second-order valence-electron chi connectivity index (χ2n) is 15.6. The van der Waals surface area contributed by atoms with Gasteiger partial charge in [0.1, 0.15) is 13.2 Å². The fraction of sp³-hybridized carbons (Fsp3) is 0.589. The molecule has 6 heteroatoms. The molecule has 1 unspecified atom stereocenters. The van der Waals surface area contributed by atoms with E-state index in [1.54, 1.807) is 0 Å². The van der Waals surface area contributed by atoms with Crippen molar-refractivity contribution in [2.24, 2.45) is 0 Å². The SMILES string of the molecule is CC/C=C\C/C=C\C/C=C\C/C=C\CCCCCCCCC(=O)OCC(COC(=O)CCC/C=C\C/C=C\C/C=C\CC)OC(=O)CCCCCC/C=C\C/C=C\C/C=C\CC. The van der Waals surface area contributed by atoms with E-state index in [1.807, 2.05) is 0 Å². The molecule has 0 aromatic carbocycles. The number of ether oxygens (including phenoxy) is 3. The van der Waals surface area contributed by atoms with Gasteiger partial charge in [0.15, 0.2) is 6.10 Å². The van der Waals surface area contributed by atoms with Gasteiger partial charge in [-0.2, -0.15) is 0 Å². The highest BCUT2D eigenvalue weighted by molar-refractivity contribution is 5.71. The van der Waals surface area contributed by atoms with E-state index in [2.05, 4.69) is 142 Å². The van der Waals surface area contributed by atoms with Crippen LogP contribution in [0.25, 0.3) is 0 Å². The average molecular weight is 857 g/mol. The summed E-state index contributed by atoms with van der Waals surface area (Å²) in [4.78, 5) is 37.9. The van der Waals surface area contributed by atoms with Crippen LogP contribution in [0.5, 0.6) is 0 Å². The molecule has 1 atom stereocenters. The summed E-state index contributed by atoms with van der Waals surface area (Å²) in [5, 5.41) is 0. The molecule has 348 valence electrons. The summed E-state index contributed by atoms with van der Waals surface area (Å²) in [6.45, 7) is 6.19. The predicted octanol–water partition coefficient (Wildman–Crippen LogP) is 16.1. The molecule has 0 saturated carbocycles. The summed E-state index contributed by atoms with van der Waals surface area (Å²) in [6.07, 6.45) is 67.6. The zero-order valence-electron chi connectivity index (χ0n) is 39.6. The quantitative estimate of drug-likeness (QED) is 0.0263. The van der Waals surface area contributed by atoms with Gasteiger partial charge < -0.3 is 14.2 Å². The van der Waals surface area contributed by atoms with E-state index in [1.165, 1.54) is 12.8 Å². The maximum absolute atomic E-state index is 12.8. The van der Waals surface area contributed by atoms with Crippen LogP contribution in [-0.2, 0) is 28.6 Å². The molecule has 0 aliphatic heterocycles. The number of allylic oxidation sites excluding steroid dienone is 20. The number of esters is 3. The van der Waals surface area contributed by atoms with Crippen LogP contribution in [0.15, 0.2) is 122 Å². The minimum Gasteiger partial charge on any atom is -0.462 e. The molecule has 6 nitrogen and oxygen atoms in total. The Morgan fingerprint density at radius 2 is 0.597 bits per heavy atom. The van der Waals surface area contributed by atoms with Crippen LogP contribution in [-0.4, -0.2) is 37.2 Å². The number of unbranched alkanes of at least 4 members (excludes halogenated alkanes) is 11. The van der Waals surface area contributed by atoms with E-state index in [0.29, 0.717) is 12.8 Å². The van der Waals surface area contributed by atoms with Gasteiger partial charge in [0.05, 0.1) is 0 Å². The average Bonchev–Trinajstić information content (AvgIpc) is 3.27. The first kappa shape index (κ1) is 57.8. The predicted molar refractivity (Wildman–Crippen MR) is 265 cm³/mol. The molecular formula is C56H88O6. The Balaban J connectivity index is 4.48. The number of hydrogen-bond donors (Lipinski definition) is 0. The van der Waals surface area contributed by atoms with Crippen molar-refractivity contribution in [1.82, 2.24) is 0 Å². The lowest BCUT2D eigenvalue weighted by Crippen LogP contribution is -2.30. The molecule has 0 spiro atoms. The third kappa shape index (κ3) is 46.9. The lowest BCUT2D eigenvalue weighted by Gasteiger charge is -2.18. The van der Waals surface area contributed by atoms with Gasteiger partial charge in [0.2, 0.25) is 0 Å². The molecule has 0 radical (unpaired) electrons. The monoisotopic (exact) mass is 857 g/mol. The van der Waals surface area contributed by atoms with Crippen LogP contribution in [0.2, 0.25) is 0 Å². The van der Waals surface area contributed by atoms with Crippen molar-refractivity contribution >= 4 is 17.9 Å². The molecule has 0 aromatic heterocycles. The minimum atomic E-state index is -0.818. The molecule has 0 aliphatic rings. The van der Waals surface area contributed by atoms with Crippen LogP contribution in [0.4, 0.5) is 0 Å². The zero-order chi connectivity index (χ0) is 45.1. The molecule has 0 saturated heterocycles. The minimum absolute atomic E-state index is 0.114. The van der Waals surface area contributed by atoms with Gasteiger partial charge in [-0.25, -0.2) is 0 Å². The normalized spacial score (nSPS) is 13.1. The van der Waals surface area contributed by atoms with Crippen LogP contribution < -0.4 is 0 Å². The summed E-state index contributed by atoms with van der Waals surface area (Å²) in [6, 6.07) is 0. The van der Waals surface area contributed by atoms with Crippen LogP contribution >= 0.6 is 0 Å². The lowest BCUT2D eigenvalue weighted by atomic mass is 10.1. The van der Waals surface area contributed by atoms with Crippen LogP contribution in [0.3, 0.4) is 0 Å². The Labute approximate surface area is 380 Å². The molecule has 0 amide bonds. The maximum atomic E-state index is 12.8. The summed E-state index contributed by atoms with van der Waals surface area (Å²) < 4.78 is 16.7. The molecular weight excluding hydrogens is 769 g/mol. The molecule has 62 heavy (non-hydrogen) atoms. The van der Waals surface area contributed by atoms with Crippen molar-refractivity contribution < 1.29 is 28.6 Å². The number of hydrogen-bond acceptors (Lipinski definition) is 6. The zero-order valence-corrected chi connectivity index (χ0v) is 39.6. The van der Waals surface area contributed by atoms with Crippen molar-refractivity contribution in [2.45, 2.75) is 200 Å². The van der Waals surface area contributed by atoms with Crippen molar-refractivity contribution in [3.05, 3.63) is 122 Å². The Kier molecular flexibility index (Phi) is 46.1. The number of carbonyl (C=O) groups excluding carboxylic acids is 3. The molecule has 0 fully saturated rings. The second-order valence-corrected chi connectivity index (χ2v) is 15.6. The first-order valence-corrected chi connectivity index (χ1v) is 24.5. The highest BCUT2D eigenvalue weighted by atomic mass is 16.6. The second kappa shape index (κ2) is 49.5. The van der Waals surface area contributed by atoms with E-state index in [4.69, 9.17) is 14.2 Å². The fourth-order valence-corrected chi connectivity index (χ4v) is 6.12. The van der Waals surface area contributed by atoms with Gasteiger partial charge in [-0.05, 0) is 116 Å². The van der Waals surface area contributed by atoms with E-state index in [0.717, 1.165) is 135 Å². The van der Waals surface area contributed by atoms with Crippen molar-refractivity contribution in [2.75, 3.05) is 13.2 Å². The standard InChI is InChI=1S/C56H88O6/c1-4-7-10-13-16-19-22-24-26-27-28-29-30-32-34-37-40-43-46-49-55(58)61-52-53(51-60-54(57)48-45-42-39-36-33-21-18-15-12-9-6-3)62-56(59)50-47-44-41-38-35-31-25-23-20-17-14-11-8-5-2/h7-12,16-21,24-26,28-29,31,36,39,53H,4-6,13-15,22-23,27,30,32-35,37-38,40-52H2,1-3H3/b10-7-,11-8-,12-9-,19-16-,20-17-,21-18-,26-24-,29-28-,31-25-,39-36-. The van der Waals surface area contributed by atoms with Crippen LogP contribution in [0.1, 0.15) is 194 Å². The van der Waals surface area contributed by atoms with Crippen LogP contribution in [0, 0.1) is 0 Å². The van der Waals surface area contributed by atoms with Gasteiger partial charge >= 0.3 is 17.9 Å². The molecule has 0 aliphatic carbocycles. The van der Waals surface area contributed by atoms with E-state index in [-0.39, 0.29) is 44.0 Å². The molecule has 0 N–H and O–H groups in total. The van der Waals surface area contributed by atoms with E-state index >= 15 is 0 Å². The first-order chi connectivity index (χ1) is 30.5. The smallest absolute Gasteiger partial charge is 0.306 e. The van der Waals surface area contributed by atoms with E-state index < -0.39 is 6.10 Å². The van der Waals surface area contributed by atoms with Gasteiger partial charge in [-0.3, -0.25) is 14.4 Å². The molecule has 0 rings (SSSR count). The molecule has 0 bridgehead atoms. The summed E-state index contributed by atoms with van der Waals surface area (Å²) in [5.74, 6) is -1.02. The van der Waals surface area contributed by atoms with Crippen molar-refractivity contribution in [1.29, 1.82) is 0 Å². The topological polar surface area (TPSA) is 78.9 Å². The Bertz CT molecular complexity index is 1350. The maximum Gasteiger partial charge on any atom is 0.306 e. The number of carbonyl (C=O) groups is 3. The first-order valence-electron chi connectivity index (χ1n) is 24.5. The highest BCUT2D eigenvalue weighted by Gasteiger charge is 2.19. The van der Waals surface area contributed by atoms with Gasteiger partial charge in [0, 0.05) is 19.3 Å². The third-order valence-electron chi connectivity index (χ3n) is 9.69. The fourth-order valence-electron chi connectivity index (χ4n) is 6.12. The summed E-state index contributed by atoms with van der Waals surface area (Å²) in [5.41, 5.74) is 0. The third-order valence-corrected chi connectivity index (χ3v) is 9.69. The van der Waals surface area contributed by atoms with Gasteiger partial charge in [-0.15, -0.1) is 0 Å². The molecule has 0 aromatic rings. The van der Waals surface area contributed by atoms with E-state index in [9.17, 15) is 14.4 Å². The van der Waals surface area contributed by atoms with Gasteiger partial charge in [0.25, 0.3) is 0 Å². The van der Waals surface area contributed by atoms with Crippen molar-refractivity contribution in [3.63, 3.8) is 0 Å². The Morgan fingerprint density at radius 3 is 0.968 bits per heavy atom. The molecule has 0 heterocycles. The Morgan fingerprint density at radius 1 is 0.323 bits per heavy atom.